The fourth-order valence-corrected chi connectivity index (χ4v) is 2.99. The molecule has 1 aromatic rings. The lowest BCUT2D eigenvalue weighted by Crippen LogP contribution is -2.37. The summed E-state index contributed by atoms with van der Waals surface area (Å²) < 4.78 is 0. The van der Waals surface area contributed by atoms with Gasteiger partial charge in [-0.15, -0.1) is 0 Å². The van der Waals surface area contributed by atoms with Gasteiger partial charge in [-0.3, -0.25) is 0 Å². The summed E-state index contributed by atoms with van der Waals surface area (Å²) in [7, 11) is 0. The van der Waals surface area contributed by atoms with Crippen molar-refractivity contribution in [1.82, 2.24) is 9.97 Å². The van der Waals surface area contributed by atoms with E-state index in [0.29, 0.717) is 5.92 Å². The van der Waals surface area contributed by atoms with Gasteiger partial charge in [0.05, 0.1) is 5.54 Å². The van der Waals surface area contributed by atoms with Crippen LogP contribution in [0.15, 0.2) is 6.07 Å². The van der Waals surface area contributed by atoms with Gasteiger partial charge in [-0.1, -0.05) is 33.1 Å². The van der Waals surface area contributed by atoms with Gasteiger partial charge < -0.3 is 5.73 Å². The third-order valence-corrected chi connectivity index (χ3v) is 4.60. The lowest BCUT2D eigenvalue weighted by molar-refractivity contribution is 0.378. The quantitative estimate of drug-likeness (QED) is 0.896. The average molecular weight is 261 g/mol. The maximum atomic E-state index is 6.46. The first kappa shape index (κ1) is 14.4. The van der Waals surface area contributed by atoms with E-state index in [9.17, 15) is 0 Å². The molecule has 0 radical (unpaired) electrons. The maximum Gasteiger partial charge on any atom is 0.148 e. The van der Waals surface area contributed by atoms with E-state index < -0.39 is 0 Å². The summed E-state index contributed by atoms with van der Waals surface area (Å²) >= 11 is 0. The molecular weight excluding hydrogens is 234 g/mol. The Morgan fingerprint density at radius 2 is 1.79 bits per heavy atom. The maximum absolute atomic E-state index is 6.46. The zero-order valence-corrected chi connectivity index (χ0v) is 12.6. The summed E-state index contributed by atoms with van der Waals surface area (Å²) in [6.45, 7) is 6.30. The Morgan fingerprint density at radius 1 is 1.16 bits per heavy atom. The van der Waals surface area contributed by atoms with Crippen LogP contribution in [0.4, 0.5) is 0 Å². The average Bonchev–Trinajstić information content (AvgIpc) is 2.46. The normalized spacial score (nSPS) is 17.7. The second-order valence-corrected chi connectivity index (χ2v) is 5.96. The smallest absolute Gasteiger partial charge is 0.148 e. The number of aryl methyl sites for hydroxylation is 1. The van der Waals surface area contributed by atoms with Crippen molar-refractivity contribution in [3.05, 3.63) is 23.3 Å². The number of rotatable bonds is 4. The predicted molar refractivity (Wildman–Crippen MR) is 79.0 cm³/mol. The van der Waals surface area contributed by atoms with E-state index in [4.69, 9.17) is 10.7 Å². The SMILES string of the molecule is CCC(N)(CC)c1nc(C)cc(C2CCCCC2)n1. The summed E-state index contributed by atoms with van der Waals surface area (Å²) in [5.74, 6) is 1.46. The molecule has 0 saturated heterocycles. The molecule has 0 amide bonds. The van der Waals surface area contributed by atoms with Gasteiger partial charge in [0, 0.05) is 17.3 Å². The summed E-state index contributed by atoms with van der Waals surface area (Å²) in [6, 6.07) is 2.16. The molecule has 3 nitrogen and oxygen atoms in total. The second kappa shape index (κ2) is 6.00. The minimum atomic E-state index is -0.366. The van der Waals surface area contributed by atoms with E-state index in [1.807, 2.05) is 0 Å². The van der Waals surface area contributed by atoms with Crippen LogP contribution in [0.3, 0.4) is 0 Å². The molecule has 1 aromatic heterocycles. The van der Waals surface area contributed by atoms with E-state index in [1.165, 1.54) is 37.8 Å². The van der Waals surface area contributed by atoms with Crippen molar-refractivity contribution in [3.63, 3.8) is 0 Å². The fourth-order valence-electron chi connectivity index (χ4n) is 2.99. The fraction of sp³-hybridized carbons (Fsp3) is 0.750. The van der Waals surface area contributed by atoms with Crippen molar-refractivity contribution in [1.29, 1.82) is 0 Å². The highest BCUT2D eigenvalue weighted by Gasteiger charge is 2.28. The van der Waals surface area contributed by atoms with Gasteiger partial charge in [0.1, 0.15) is 5.82 Å². The van der Waals surface area contributed by atoms with Crippen LogP contribution < -0.4 is 5.73 Å². The van der Waals surface area contributed by atoms with Crippen molar-refractivity contribution in [2.45, 2.75) is 77.2 Å². The van der Waals surface area contributed by atoms with Crippen LogP contribution >= 0.6 is 0 Å². The predicted octanol–water partition coefficient (Wildman–Crippen LogP) is 3.81. The van der Waals surface area contributed by atoms with E-state index in [1.54, 1.807) is 0 Å². The zero-order valence-electron chi connectivity index (χ0n) is 12.6. The van der Waals surface area contributed by atoms with Crippen molar-refractivity contribution in [2.24, 2.45) is 5.73 Å². The second-order valence-electron chi connectivity index (χ2n) is 5.96. The Hall–Kier alpha value is -0.960. The molecule has 1 aliphatic rings. The van der Waals surface area contributed by atoms with Gasteiger partial charge in [0.25, 0.3) is 0 Å². The lowest BCUT2D eigenvalue weighted by Gasteiger charge is -2.27. The topological polar surface area (TPSA) is 51.8 Å². The van der Waals surface area contributed by atoms with Crippen LogP contribution in [-0.2, 0) is 5.54 Å². The summed E-state index contributed by atoms with van der Waals surface area (Å²) in [5, 5.41) is 0. The summed E-state index contributed by atoms with van der Waals surface area (Å²) in [5.41, 5.74) is 8.37. The molecule has 0 spiro atoms. The first-order chi connectivity index (χ1) is 9.09. The number of hydrogen-bond donors (Lipinski definition) is 1. The van der Waals surface area contributed by atoms with Gasteiger partial charge >= 0.3 is 0 Å². The molecule has 0 unspecified atom stereocenters. The van der Waals surface area contributed by atoms with Crippen LogP contribution in [-0.4, -0.2) is 9.97 Å². The molecule has 0 aromatic carbocycles. The molecule has 1 heterocycles. The van der Waals surface area contributed by atoms with Crippen LogP contribution in [0.2, 0.25) is 0 Å². The van der Waals surface area contributed by atoms with E-state index >= 15 is 0 Å². The highest BCUT2D eigenvalue weighted by Crippen LogP contribution is 2.33. The highest BCUT2D eigenvalue weighted by atomic mass is 15.0. The van der Waals surface area contributed by atoms with Crippen molar-refractivity contribution in [3.8, 4) is 0 Å². The van der Waals surface area contributed by atoms with Crippen LogP contribution in [0.1, 0.15) is 81.9 Å². The van der Waals surface area contributed by atoms with Gasteiger partial charge in [-0.2, -0.15) is 0 Å². The number of aromatic nitrogens is 2. The number of nitrogens with zero attached hydrogens (tertiary/aromatic N) is 2. The molecule has 106 valence electrons. The minimum Gasteiger partial charge on any atom is -0.319 e. The Labute approximate surface area is 117 Å². The first-order valence-electron chi connectivity index (χ1n) is 7.74. The molecule has 1 saturated carbocycles. The number of nitrogens with two attached hydrogens (primary N) is 1. The van der Waals surface area contributed by atoms with Crippen LogP contribution in [0.5, 0.6) is 0 Å². The molecule has 1 fully saturated rings. The summed E-state index contributed by atoms with van der Waals surface area (Å²) in [6.07, 6.45) is 8.35. The standard InChI is InChI=1S/C16H27N3/c1-4-16(17,5-2)15-18-12(3)11-14(19-15)13-9-7-6-8-10-13/h11,13H,4-10,17H2,1-3H3. The molecule has 0 atom stereocenters. The Balaban J connectivity index is 2.33. The van der Waals surface area contributed by atoms with Crippen molar-refractivity contribution in [2.75, 3.05) is 0 Å². The van der Waals surface area contributed by atoms with Crippen LogP contribution in [0.25, 0.3) is 0 Å². The Bertz CT molecular complexity index is 418. The minimum absolute atomic E-state index is 0.366. The Morgan fingerprint density at radius 3 is 2.37 bits per heavy atom. The molecule has 2 N–H and O–H groups in total. The highest BCUT2D eigenvalue weighted by molar-refractivity contribution is 5.18. The van der Waals surface area contributed by atoms with E-state index in [-0.39, 0.29) is 5.54 Å². The van der Waals surface area contributed by atoms with Gasteiger partial charge in [-0.25, -0.2) is 9.97 Å². The molecule has 3 heteroatoms. The molecule has 0 aliphatic heterocycles. The molecule has 0 bridgehead atoms. The van der Waals surface area contributed by atoms with Crippen molar-refractivity contribution < 1.29 is 0 Å². The molecule has 2 rings (SSSR count). The molecule has 1 aliphatic carbocycles. The van der Waals surface area contributed by atoms with E-state index in [2.05, 4.69) is 31.8 Å². The third-order valence-electron chi connectivity index (χ3n) is 4.60. The number of hydrogen-bond acceptors (Lipinski definition) is 3. The van der Waals surface area contributed by atoms with Gasteiger partial charge in [0.2, 0.25) is 0 Å². The molecular formula is C16H27N3. The Kier molecular flexibility index (Phi) is 4.56. The lowest BCUT2D eigenvalue weighted by atomic mass is 9.86. The summed E-state index contributed by atoms with van der Waals surface area (Å²) in [4.78, 5) is 9.44. The molecule has 19 heavy (non-hydrogen) atoms. The van der Waals surface area contributed by atoms with Gasteiger partial charge in [-0.05, 0) is 38.7 Å². The van der Waals surface area contributed by atoms with Crippen molar-refractivity contribution >= 4 is 0 Å². The van der Waals surface area contributed by atoms with E-state index in [0.717, 1.165) is 24.4 Å². The largest absolute Gasteiger partial charge is 0.319 e. The third kappa shape index (κ3) is 3.14. The first-order valence-corrected chi connectivity index (χ1v) is 7.74. The van der Waals surface area contributed by atoms with Crippen LogP contribution in [0, 0.1) is 6.92 Å². The monoisotopic (exact) mass is 261 g/mol. The zero-order chi connectivity index (χ0) is 13.9. The van der Waals surface area contributed by atoms with Gasteiger partial charge in [0.15, 0.2) is 0 Å².